The molecule has 0 saturated carbocycles. The normalized spacial score (nSPS) is 11.2. The number of hydrazone groups is 1. The zero-order chi connectivity index (χ0) is 15.5. The van der Waals surface area contributed by atoms with Gasteiger partial charge in [-0.2, -0.15) is 5.10 Å². The SMILES string of the molecule is Cc1[nH]c2ccccc2c1/C=N\NC(=O)c1cccc(Br)c1. The molecule has 0 fully saturated rings. The molecule has 0 atom stereocenters. The van der Waals surface area contributed by atoms with Crippen molar-refractivity contribution in [2.24, 2.45) is 5.10 Å². The number of nitrogens with zero attached hydrogens (tertiary/aromatic N) is 1. The highest BCUT2D eigenvalue weighted by molar-refractivity contribution is 9.10. The van der Waals surface area contributed by atoms with Crippen molar-refractivity contribution in [3.63, 3.8) is 0 Å². The van der Waals surface area contributed by atoms with Crippen molar-refractivity contribution < 1.29 is 4.79 Å². The number of halogens is 1. The second kappa shape index (κ2) is 6.15. The van der Waals surface area contributed by atoms with Gasteiger partial charge in [-0.15, -0.1) is 0 Å². The molecule has 0 spiro atoms. The van der Waals surface area contributed by atoms with E-state index in [0.717, 1.165) is 26.6 Å². The fourth-order valence-corrected chi connectivity index (χ4v) is 2.71. The molecule has 0 aliphatic carbocycles. The summed E-state index contributed by atoms with van der Waals surface area (Å²) >= 11 is 3.34. The first-order chi connectivity index (χ1) is 10.6. The molecule has 3 rings (SSSR count). The quantitative estimate of drug-likeness (QED) is 0.541. The second-order valence-electron chi connectivity index (χ2n) is 4.92. The van der Waals surface area contributed by atoms with Crippen LogP contribution in [0.2, 0.25) is 0 Å². The van der Waals surface area contributed by atoms with Crippen LogP contribution in [0.25, 0.3) is 10.9 Å². The number of nitrogens with one attached hydrogen (secondary N) is 2. The predicted octanol–water partition coefficient (Wildman–Crippen LogP) is 4.00. The minimum absolute atomic E-state index is 0.241. The Labute approximate surface area is 136 Å². The van der Waals surface area contributed by atoms with E-state index in [1.165, 1.54) is 0 Å². The molecular formula is C17H14BrN3O. The number of aryl methyl sites for hydroxylation is 1. The summed E-state index contributed by atoms with van der Waals surface area (Å²) in [6.45, 7) is 1.98. The summed E-state index contributed by atoms with van der Waals surface area (Å²) in [5.41, 5.74) is 6.16. The van der Waals surface area contributed by atoms with Crippen LogP contribution in [0.15, 0.2) is 58.1 Å². The van der Waals surface area contributed by atoms with E-state index in [1.54, 1.807) is 18.3 Å². The van der Waals surface area contributed by atoms with Crippen LogP contribution in [0, 0.1) is 6.92 Å². The molecule has 2 N–H and O–H groups in total. The van der Waals surface area contributed by atoms with E-state index in [4.69, 9.17) is 0 Å². The highest BCUT2D eigenvalue weighted by atomic mass is 79.9. The molecular weight excluding hydrogens is 342 g/mol. The van der Waals surface area contributed by atoms with Crippen LogP contribution in [0.4, 0.5) is 0 Å². The van der Waals surface area contributed by atoms with Gasteiger partial charge in [0, 0.05) is 32.2 Å². The lowest BCUT2D eigenvalue weighted by atomic mass is 10.1. The number of aromatic nitrogens is 1. The zero-order valence-corrected chi connectivity index (χ0v) is 13.5. The van der Waals surface area contributed by atoms with Gasteiger partial charge in [-0.05, 0) is 31.2 Å². The number of carbonyl (C=O) groups excluding carboxylic acids is 1. The van der Waals surface area contributed by atoms with Crippen molar-refractivity contribution in [3.8, 4) is 0 Å². The molecule has 5 heteroatoms. The Hall–Kier alpha value is -2.40. The molecule has 1 heterocycles. The Kier molecular flexibility index (Phi) is 4.06. The second-order valence-corrected chi connectivity index (χ2v) is 5.83. The van der Waals surface area contributed by atoms with Gasteiger partial charge in [-0.3, -0.25) is 4.79 Å². The van der Waals surface area contributed by atoms with Gasteiger partial charge < -0.3 is 4.98 Å². The first kappa shape index (κ1) is 14.5. The minimum Gasteiger partial charge on any atom is -0.358 e. The van der Waals surface area contributed by atoms with Gasteiger partial charge in [-0.25, -0.2) is 5.43 Å². The van der Waals surface area contributed by atoms with Gasteiger partial charge in [-0.1, -0.05) is 40.2 Å². The molecule has 3 aromatic rings. The first-order valence-electron chi connectivity index (χ1n) is 6.81. The van der Waals surface area contributed by atoms with Crippen LogP contribution in [0.1, 0.15) is 21.6 Å². The van der Waals surface area contributed by atoms with Gasteiger partial charge >= 0.3 is 0 Å². The molecule has 2 aromatic carbocycles. The molecule has 0 aliphatic rings. The number of benzene rings is 2. The van der Waals surface area contributed by atoms with Crippen LogP contribution >= 0.6 is 15.9 Å². The third kappa shape index (κ3) is 2.94. The number of carbonyl (C=O) groups is 1. The van der Waals surface area contributed by atoms with Crippen molar-refractivity contribution in [1.29, 1.82) is 0 Å². The van der Waals surface area contributed by atoms with Crippen molar-refractivity contribution in [2.45, 2.75) is 6.92 Å². The number of para-hydroxylation sites is 1. The third-order valence-electron chi connectivity index (χ3n) is 3.39. The molecule has 110 valence electrons. The molecule has 0 saturated heterocycles. The Morgan fingerprint density at radius 2 is 2.05 bits per heavy atom. The number of rotatable bonds is 3. The van der Waals surface area contributed by atoms with Gasteiger partial charge in [0.05, 0.1) is 6.21 Å². The maximum Gasteiger partial charge on any atom is 0.271 e. The summed E-state index contributed by atoms with van der Waals surface area (Å²) in [6, 6.07) is 15.2. The fraction of sp³-hybridized carbons (Fsp3) is 0.0588. The number of fused-ring (bicyclic) bond motifs is 1. The average molecular weight is 356 g/mol. The summed E-state index contributed by atoms with van der Waals surface area (Å²) < 4.78 is 0.858. The summed E-state index contributed by atoms with van der Waals surface area (Å²) in [6.07, 6.45) is 1.67. The molecule has 0 aliphatic heterocycles. The Balaban J connectivity index is 1.79. The van der Waals surface area contributed by atoms with Crippen molar-refractivity contribution >= 4 is 39.0 Å². The highest BCUT2D eigenvalue weighted by Gasteiger charge is 2.06. The van der Waals surface area contributed by atoms with E-state index in [1.807, 2.05) is 43.3 Å². The van der Waals surface area contributed by atoms with Gasteiger partial charge in [0.25, 0.3) is 5.91 Å². The molecule has 0 unspecified atom stereocenters. The Morgan fingerprint density at radius 1 is 1.23 bits per heavy atom. The van der Waals surface area contributed by atoms with Crippen LogP contribution in [-0.2, 0) is 0 Å². The zero-order valence-electron chi connectivity index (χ0n) is 11.9. The van der Waals surface area contributed by atoms with E-state index in [9.17, 15) is 4.79 Å². The highest BCUT2D eigenvalue weighted by Crippen LogP contribution is 2.19. The lowest BCUT2D eigenvalue weighted by Crippen LogP contribution is -2.17. The topological polar surface area (TPSA) is 57.2 Å². The minimum atomic E-state index is -0.241. The lowest BCUT2D eigenvalue weighted by molar-refractivity contribution is 0.0955. The standard InChI is InChI=1S/C17H14BrN3O/c1-11-15(14-7-2-3-8-16(14)20-11)10-19-21-17(22)12-5-4-6-13(18)9-12/h2-10,20H,1H3,(H,21,22)/b19-10-. The van der Waals surface area contributed by atoms with Crippen LogP contribution in [0.3, 0.4) is 0 Å². The molecule has 22 heavy (non-hydrogen) atoms. The maximum atomic E-state index is 12.0. The molecule has 1 amide bonds. The maximum absolute atomic E-state index is 12.0. The summed E-state index contributed by atoms with van der Waals surface area (Å²) in [5.74, 6) is -0.241. The summed E-state index contributed by atoms with van der Waals surface area (Å²) in [7, 11) is 0. The molecule has 0 radical (unpaired) electrons. The van der Waals surface area contributed by atoms with Gasteiger partial charge in [0.15, 0.2) is 0 Å². The number of H-pyrrole nitrogens is 1. The largest absolute Gasteiger partial charge is 0.358 e. The van der Waals surface area contributed by atoms with Gasteiger partial charge in [0.2, 0.25) is 0 Å². The van der Waals surface area contributed by atoms with E-state index in [0.29, 0.717) is 5.56 Å². The fourth-order valence-electron chi connectivity index (χ4n) is 2.31. The van der Waals surface area contributed by atoms with Crippen molar-refractivity contribution in [1.82, 2.24) is 10.4 Å². The number of amides is 1. The third-order valence-corrected chi connectivity index (χ3v) is 3.88. The van der Waals surface area contributed by atoms with E-state index in [2.05, 4.69) is 31.4 Å². The predicted molar refractivity (Wildman–Crippen MR) is 92.2 cm³/mol. The Bertz CT molecular complexity index is 867. The van der Waals surface area contributed by atoms with E-state index >= 15 is 0 Å². The molecule has 0 bridgehead atoms. The molecule has 1 aromatic heterocycles. The van der Waals surface area contributed by atoms with Crippen LogP contribution in [-0.4, -0.2) is 17.1 Å². The summed E-state index contributed by atoms with van der Waals surface area (Å²) in [5, 5.41) is 5.15. The summed E-state index contributed by atoms with van der Waals surface area (Å²) in [4.78, 5) is 15.3. The van der Waals surface area contributed by atoms with E-state index < -0.39 is 0 Å². The monoisotopic (exact) mass is 355 g/mol. The average Bonchev–Trinajstić information content (AvgIpc) is 2.83. The smallest absolute Gasteiger partial charge is 0.271 e. The van der Waals surface area contributed by atoms with Crippen molar-refractivity contribution in [2.75, 3.05) is 0 Å². The number of hydrogen-bond donors (Lipinski definition) is 2. The number of hydrogen-bond acceptors (Lipinski definition) is 2. The lowest BCUT2D eigenvalue weighted by Gasteiger charge is -2.00. The first-order valence-corrected chi connectivity index (χ1v) is 7.61. The van der Waals surface area contributed by atoms with Crippen molar-refractivity contribution in [3.05, 3.63) is 69.8 Å². The van der Waals surface area contributed by atoms with E-state index in [-0.39, 0.29) is 5.91 Å². The number of aromatic amines is 1. The molecule has 4 nitrogen and oxygen atoms in total. The van der Waals surface area contributed by atoms with Crippen LogP contribution < -0.4 is 5.43 Å². The van der Waals surface area contributed by atoms with Crippen LogP contribution in [0.5, 0.6) is 0 Å². The Morgan fingerprint density at radius 3 is 2.86 bits per heavy atom. The van der Waals surface area contributed by atoms with Gasteiger partial charge in [0.1, 0.15) is 0 Å².